The van der Waals surface area contributed by atoms with Crippen molar-refractivity contribution in [1.29, 1.82) is 0 Å². The van der Waals surface area contributed by atoms with Gasteiger partial charge in [-0.2, -0.15) is 4.98 Å². The molecule has 1 aromatic heterocycles. The summed E-state index contributed by atoms with van der Waals surface area (Å²) >= 11 is 5.90. The molecule has 23 heavy (non-hydrogen) atoms. The van der Waals surface area contributed by atoms with E-state index < -0.39 is 19.8 Å². The van der Waals surface area contributed by atoms with Crippen LogP contribution in [0.4, 0.5) is 11.5 Å². The summed E-state index contributed by atoms with van der Waals surface area (Å²) in [5.74, 6) is -0.0778. The van der Waals surface area contributed by atoms with Crippen molar-refractivity contribution in [3.8, 4) is 0 Å². The van der Waals surface area contributed by atoms with E-state index in [1.807, 2.05) is 0 Å². The van der Waals surface area contributed by atoms with Gasteiger partial charge < -0.3 is 20.3 Å². The average molecular weight is 357 g/mol. The highest BCUT2D eigenvalue weighted by atomic mass is 35.5. The van der Waals surface area contributed by atoms with E-state index in [2.05, 4.69) is 15.0 Å². The molecule has 4 aliphatic rings. The van der Waals surface area contributed by atoms with E-state index in [1.165, 1.54) is 0 Å². The molecular formula is C13H14ClN4O4P. The van der Waals surface area contributed by atoms with E-state index in [-0.39, 0.29) is 40.4 Å². The number of halogens is 1. The maximum Gasteiger partial charge on any atom is 0.329 e. The van der Waals surface area contributed by atoms with Crippen molar-refractivity contribution in [2.75, 3.05) is 11.9 Å². The van der Waals surface area contributed by atoms with Crippen LogP contribution in [0.2, 0.25) is 5.28 Å². The molecule has 2 unspecified atom stereocenters. The van der Waals surface area contributed by atoms with Crippen molar-refractivity contribution < 1.29 is 19.1 Å². The average Bonchev–Trinajstić information content (AvgIpc) is 2.74. The topological polar surface area (TPSA) is 131 Å². The second-order valence-corrected chi connectivity index (χ2v) is 8.99. The maximum atomic E-state index is 11.9. The number of anilines is 1. The summed E-state index contributed by atoms with van der Waals surface area (Å²) in [6, 6.07) is 0. The first-order valence-electron chi connectivity index (χ1n) is 7.38. The lowest BCUT2D eigenvalue weighted by molar-refractivity contribution is 0.00799. The Bertz CT molecular complexity index is 817. The van der Waals surface area contributed by atoms with Crippen LogP contribution in [-0.2, 0) is 9.09 Å². The summed E-state index contributed by atoms with van der Waals surface area (Å²) in [7, 11) is -3.58. The van der Waals surface area contributed by atoms with Crippen molar-refractivity contribution in [3.63, 3.8) is 0 Å². The molecule has 10 heteroatoms. The molecule has 3 heterocycles. The summed E-state index contributed by atoms with van der Waals surface area (Å²) in [4.78, 5) is 22.1. The number of nitrogens with zero attached hydrogens (tertiary/aromatic N) is 3. The van der Waals surface area contributed by atoms with Crippen LogP contribution in [0.3, 0.4) is 0 Å². The van der Waals surface area contributed by atoms with Crippen LogP contribution in [0.5, 0.6) is 0 Å². The minimum Gasteiger partial charge on any atom is -0.390 e. The monoisotopic (exact) mass is 356 g/mol. The van der Waals surface area contributed by atoms with Gasteiger partial charge in [0.15, 0.2) is 5.82 Å². The van der Waals surface area contributed by atoms with E-state index >= 15 is 0 Å². The van der Waals surface area contributed by atoms with Crippen LogP contribution < -0.4 is 5.73 Å². The van der Waals surface area contributed by atoms with Crippen LogP contribution in [0.15, 0.2) is 4.99 Å². The van der Waals surface area contributed by atoms with Gasteiger partial charge in [0.1, 0.15) is 5.69 Å². The van der Waals surface area contributed by atoms with E-state index in [0.717, 1.165) is 6.42 Å². The molecular weight excluding hydrogens is 343 g/mol. The fraction of sp³-hybridized carbons (Fsp3) is 0.615. The lowest BCUT2D eigenvalue weighted by atomic mass is 9.84. The van der Waals surface area contributed by atoms with Crippen LogP contribution in [0.25, 0.3) is 0 Å². The summed E-state index contributed by atoms with van der Waals surface area (Å²) in [5, 5.41) is 10.7. The van der Waals surface area contributed by atoms with Gasteiger partial charge in [-0.05, 0) is 23.9 Å². The third-order valence-corrected chi connectivity index (χ3v) is 7.41. The number of nitrogen functional groups attached to an aromatic ring is 1. The standard InChI is InChI=1S/C13H14ClN4O4P/c14-12-17-7-4(2-16-8(7)11(15)18-12)6-5-1-13(5)3-23(20,21)22-10(13)9(6)19/h2,4-6,9-10,19H,1,3H2,(H,20,21)(H2,15,17,18)/t4?,5-,6-,9+,10+,13-/m1/s1. The number of aliphatic hydroxyl groups excluding tert-OH is 1. The lowest BCUT2D eigenvalue weighted by Gasteiger charge is -2.26. The van der Waals surface area contributed by atoms with Gasteiger partial charge in [-0.1, -0.05) is 0 Å². The Balaban J connectivity index is 1.53. The molecule has 7 atom stereocenters. The summed E-state index contributed by atoms with van der Waals surface area (Å²) in [6.07, 6.45) is 1.17. The molecule has 0 bridgehead atoms. The predicted molar refractivity (Wildman–Crippen MR) is 81.9 cm³/mol. The highest BCUT2D eigenvalue weighted by Crippen LogP contribution is 2.79. The predicted octanol–water partition coefficient (Wildman–Crippen LogP) is 1.09. The maximum absolute atomic E-state index is 11.9. The Hall–Kier alpha value is -1.05. The fourth-order valence-corrected chi connectivity index (χ4v) is 7.03. The first kappa shape index (κ1) is 14.3. The summed E-state index contributed by atoms with van der Waals surface area (Å²) < 4.78 is 17.1. The Kier molecular flexibility index (Phi) is 2.57. The quantitative estimate of drug-likeness (QED) is 0.507. The molecule has 122 valence electrons. The van der Waals surface area contributed by atoms with Crippen molar-refractivity contribution >= 4 is 36.9 Å². The normalized spacial score (nSPS) is 49.1. The Morgan fingerprint density at radius 3 is 3.00 bits per heavy atom. The highest BCUT2D eigenvalue weighted by molar-refractivity contribution is 7.53. The molecule has 5 rings (SSSR count). The van der Waals surface area contributed by atoms with Gasteiger partial charge >= 0.3 is 7.60 Å². The Labute approximate surface area is 136 Å². The summed E-state index contributed by atoms with van der Waals surface area (Å²) in [6.45, 7) is 0. The molecule has 2 saturated carbocycles. The molecule has 8 nitrogen and oxygen atoms in total. The second kappa shape index (κ2) is 4.13. The third kappa shape index (κ3) is 1.73. The first-order chi connectivity index (χ1) is 10.8. The van der Waals surface area contributed by atoms with Gasteiger partial charge in [-0.15, -0.1) is 0 Å². The fourth-order valence-electron chi connectivity index (χ4n) is 4.80. The Morgan fingerprint density at radius 2 is 2.26 bits per heavy atom. The van der Waals surface area contributed by atoms with E-state index in [1.54, 1.807) is 6.21 Å². The van der Waals surface area contributed by atoms with Gasteiger partial charge in [0, 0.05) is 23.5 Å². The molecule has 0 radical (unpaired) electrons. The highest BCUT2D eigenvalue weighted by Gasteiger charge is 2.78. The SMILES string of the molecule is Nc1nc(Cl)nc2c1N=CC2[C@H]1[C@H](O)[C@@H]2OP(=O)(O)C[C@@]23C[C@H]13. The number of hydrogen-bond donors (Lipinski definition) is 3. The molecule has 3 fully saturated rings. The zero-order valence-corrected chi connectivity index (χ0v) is 13.5. The number of fused-ring (bicyclic) bond motifs is 1. The zero-order valence-electron chi connectivity index (χ0n) is 11.8. The third-order valence-electron chi connectivity index (χ3n) is 5.69. The van der Waals surface area contributed by atoms with Crippen molar-refractivity contribution in [3.05, 3.63) is 11.0 Å². The summed E-state index contributed by atoms with van der Waals surface area (Å²) in [5.41, 5.74) is 6.56. The van der Waals surface area contributed by atoms with Gasteiger partial charge in [0.2, 0.25) is 5.28 Å². The largest absolute Gasteiger partial charge is 0.390 e. The van der Waals surface area contributed by atoms with Gasteiger partial charge in [0.05, 0.1) is 24.1 Å². The molecule has 4 N–H and O–H groups in total. The molecule has 1 aromatic rings. The molecule has 2 aliphatic carbocycles. The van der Waals surface area contributed by atoms with Crippen molar-refractivity contribution in [2.24, 2.45) is 22.2 Å². The lowest BCUT2D eigenvalue weighted by Crippen LogP contribution is -2.34. The van der Waals surface area contributed by atoms with Crippen molar-refractivity contribution in [2.45, 2.75) is 24.5 Å². The van der Waals surface area contributed by atoms with Crippen LogP contribution in [0, 0.1) is 17.3 Å². The number of nitrogens with two attached hydrogens (primary N) is 1. The van der Waals surface area contributed by atoms with Gasteiger partial charge in [-0.3, -0.25) is 9.56 Å². The smallest absolute Gasteiger partial charge is 0.329 e. The number of aromatic nitrogens is 2. The first-order valence-corrected chi connectivity index (χ1v) is 9.52. The van der Waals surface area contributed by atoms with Crippen molar-refractivity contribution in [1.82, 2.24) is 9.97 Å². The molecule has 1 saturated heterocycles. The number of rotatable bonds is 1. The second-order valence-electron chi connectivity index (χ2n) is 6.85. The Morgan fingerprint density at radius 1 is 1.48 bits per heavy atom. The van der Waals surface area contributed by atoms with E-state index in [9.17, 15) is 14.6 Å². The number of aliphatic imine (C=N–C) groups is 1. The van der Waals surface area contributed by atoms with E-state index in [0.29, 0.717) is 11.4 Å². The van der Waals surface area contributed by atoms with Crippen LogP contribution in [-0.4, -0.2) is 44.6 Å². The number of hydrogen-bond acceptors (Lipinski definition) is 7. The molecule has 1 spiro atoms. The van der Waals surface area contributed by atoms with Crippen LogP contribution in [0.1, 0.15) is 18.0 Å². The minimum atomic E-state index is -3.58. The molecule has 0 amide bonds. The molecule has 0 aromatic carbocycles. The minimum absolute atomic E-state index is 0.0473. The number of aliphatic hydroxyl groups is 1. The van der Waals surface area contributed by atoms with Crippen LogP contribution >= 0.6 is 19.2 Å². The van der Waals surface area contributed by atoms with Gasteiger partial charge in [-0.25, -0.2) is 4.98 Å². The molecule has 2 aliphatic heterocycles. The van der Waals surface area contributed by atoms with Gasteiger partial charge in [0.25, 0.3) is 0 Å². The van der Waals surface area contributed by atoms with E-state index in [4.69, 9.17) is 21.9 Å². The zero-order chi connectivity index (χ0) is 16.1.